The zero-order valence-electron chi connectivity index (χ0n) is 16.6. The van der Waals surface area contributed by atoms with Gasteiger partial charge in [0.25, 0.3) is 5.69 Å². The van der Waals surface area contributed by atoms with Crippen molar-refractivity contribution in [3.63, 3.8) is 0 Å². The minimum Gasteiger partial charge on any atom is -0.325 e. The van der Waals surface area contributed by atoms with Gasteiger partial charge in [0.2, 0.25) is 5.91 Å². The highest BCUT2D eigenvalue weighted by Crippen LogP contribution is 2.38. The fraction of sp³-hybridized carbons (Fsp3) is 0.350. The van der Waals surface area contributed by atoms with Crippen LogP contribution in [0.1, 0.15) is 23.8 Å². The zero-order valence-corrected chi connectivity index (χ0v) is 18.3. The quantitative estimate of drug-likeness (QED) is 0.346. The van der Waals surface area contributed by atoms with Crippen LogP contribution in [0.2, 0.25) is 0 Å². The standard InChI is InChI=1S/C20H21N5O3S2/c1-12-6-7-15-16(10-29-17(15)8-12)19-22-23-20(24(19)2)30-11-18(26)21-13-4-3-5-14(9-13)25(27)28/h3-5,9-10,12H,6-8,11H2,1-2H3,(H,21,26)/t12-/m0/s1. The van der Waals surface area contributed by atoms with E-state index >= 15 is 0 Å². The largest absolute Gasteiger partial charge is 0.325 e. The van der Waals surface area contributed by atoms with Crippen LogP contribution in [0.25, 0.3) is 11.4 Å². The lowest BCUT2D eigenvalue weighted by atomic mass is 9.88. The number of carbonyl (C=O) groups excluding carboxylic acids is 1. The summed E-state index contributed by atoms with van der Waals surface area (Å²) in [5, 5.41) is 25.0. The van der Waals surface area contributed by atoms with Crippen LogP contribution in [-0.2, 0) is 24.7 Å². The fourth-order valence-corrected chi connectivity index (χ4v) is 5.52. The second kappa shape index (κ2) is 8.57. The van der Waals surface area contributed by atoms with Crippen LogP contribution in [0.5, 0.6) is 0 Å². The molecule has 1 N–H and O–H groups in total. The van der Waals surface area contributed by atoms with E-state index in [4.69, 9.17) is 0 Å². The number of aromatic nitrogens is 3. The van der Waals surface area contributed by atoms with E-state index in [9.17, 15) is 14.9 Å². The first-order chi connectivity index (χ1) is 14.4. The number of nitro benzene ring substituents is 1. The predicted octanol–water partition coefficient (Wildman–Crippen LogP) is 4.31. The third-order valence-corrected chi connectivity index (χ3v) is 7.22. The second-order valence-electron chi connectivity index (χ2n) is 7.41. The fourth-order valence-electron chi connectivity index (χ4n) is 3.56. The van der Waals surface area contributed by atoms with Crippen LogP contribution in [-0.4, -0.2) is 31.3 Å². The lowest BCUT2D eigenvalue weighted by Crippen LogP contribution is -2.14. The van der Waals surface area contributed by atoms with E-state index in [-0.39, 0.29) is 17.3 Å². The molecule has 0 saturated carbocycles. The van der Waals surface area contributed by atoms with E-state index in [0.29, 0.717) is 10.8 Å². The Balaban J connectivity index is 1.42. The molecule has 1 amide bonds. The highest BCUT2D eigenvalue weighted by molar-refractivity contribution is 7.99. The number of amides is 1. The second-order valence-corrected chi connectivity index (χ2v) is 9.32. The third-order valence-electron chi connectivity index (χ3n) is 5.15. The van der Waals surface area contributed by atoms with Crippen LogP contribution < -0.4 is 5.32 Å². The maximum Gasteiger partial charge on any atom is 0.271 e. The molecule has 0 bridgehead atoms. The van der Waals surface area contributed by atoms with Crippen molar-refractivity contribution in [2.24, 2.45) is 13.0 Å². The van der Waals surface area contributed by atoms with Crippen molar-refractivity contribution >= 4 is 40.4 Å². The van der Waals surface area contributed by atoms with Crippen molar-refractivity contribution in [1.82, 2.24) is 14.8 Å². The Morgan fingerprint density at radius 1 is 1.43 bits per heavy atom. The smallest absolute Gasteiger partial charge is 0.271 e. The summed E-state index contributed by atoms with van der Waals surface area (Å²) < 4.78 is 1.92. The Bertz CT molecular complexity index is 1110. The van der Waals surface area contributed by atoms with Crippen molar-refractivity contribution in [3.05, 3.63) is 50.2 Å². The number of rotatable bonds is 6. The summed E-state index contributed by atoms with van der Waals surface area (Å²) in [5.41, 5.74) is 2.86. The van der Waals surface area contributed by atoms with Gasteiger partial charge in [0, 0.05) is 40.7 Å². The van der Waals surface area contributed by atoms with Gasteiger partial charge in [-0.15, -0.1) is 21.5 Å². The van der Waals surface area contributed by atoms with E-state index in [1.54, 1.807) is 17.4 Å². The Hall–Kier alpha value is -2.72. The lowest BCUT2D eigenvalue weighted by molar-refractivity contribution is -0.384. The summed E-state index contributed by atoms with van der Waals surface area (Å²) in [4.78, 5) is 24.1. The molecule has 0 unspecified atom stereocenters. The number of hydrogen-bond donors (Lipinski definition) is 1. The molecular weight excluding hydrogens is 422 g/mol. The van der Waals surface area contributed by atoms with Gasteiger partial charge in [-0.1, -0.05) is 24.8 Å². The molecule has 8 nitrogen and oxygen atoms in total. The van der Waals surface area contributed by atoms with Crippen LogP contribution in [0, 0.1) is 16.0 Å². The van der Waals surface area contributed by atoms with Gasteiger partial charge in [0.15, 0.2) is 11.0 Å². The topological polar surface area (TPSA) is 103 Å². The predicted molar refractivity (Wildman–Crippen MR) is 118 cm³/mol. The van der Waals surface area contributed by atoms with Gasteiger partial charge in [-0.3, -0.25) is 14.9 Å². The first-order valence-corrected chi connectivity index (χ1v) is 11.4. The average Bonchev–Trinajstić information content (AvgIpc) is 3.29. The van der Waals surface area contributed by atoms with E-state index in [1.165, 1.54) is 46.8 Å². The molecule has 2 aromatic heterocycles. The van der Waals surface area contributed by atoms with Gasteiger partial charge in [-0.05, 0) is 36.8 Å². The summed E-state index contributed by atoms with van der Waals surface area (Å²) in [6.45, 7) is 2.29. The number of hydrogen-bond acceptors (Lipinski definition) is 7. The molecule has 1 aromatic carbocycles. The molecular formula is C20H21N5O3S2. The van der Waals surface area contributed by atoms with Gasteiger partial charge in [0.1, 0.15) is 0 Å². The summed E-state index contributed by atoms with van der Waals surface area (Å²) >= 11 is 3.08. The summed E-state index contributed by atoms with van der Waals surface area (Å²) in [6, 6.07) is 5.88. The Kier molecular flexibility index (Phi) is 5.87. The third kappa shape index (κ3) is 4.24. The maximum absolute atomic E-state index is 12.3. The molecule has 30 heavy (non-hydrogen) atoms. The van der Waals surface area contributed by atoms with E-state index in [0.717, 1.165) is 30.1 Å². The first kappa shape index (κ1) is 20.5. The van der Waals surface area contributed by atoms with Crippen LogP contribution in [0.4, 0.5) is 11.4 Å². The number of anilines is 1. The summed E-state index contributed by atoms with van der Waals surface area (Å²) in [6.07, 6.45) is 3.38. The minimum atomic E-state index is -0.491. The van der Waals surface area contributed by atoms with Crippen molar-refractivity contribution in [1.29, 1.82) is 0 Å². The van der Waals surface area contributed by atoms with E-state index < -0.39 is 4.92 Å². The number of nitro groups is 1. The van der Waals surface area contributed by atoms with E-state index in [1.807, 2.05) is 11.6 Å². The first-order valence-electron chi connectivity index (χ1n) is 9.58. The number of thioether (sulfide) groups is 1. The Morgan fingerprint density at radius 3 is 3.07 bits per heavy atom. The van der Waals surface area contributed by atoms with Crippen molar-refractivity contribution < 1.29 is 9.72 Å². The monoisotopic (exact) mass is 443 g/mol. The molecule has 0 saturated heterocycles. The minimum absolute atomic E-state index is 0.0631. The maximum atomic E-state index is 12.3. The average molecular weight is 444 g/mol. The number of nitrogens with one attached hydrogen (secondary N) is 1. The van der Waals surface area contributed by atoms with Gasteiger partial charge in [0.05, 0.1) is 10.7 Å². The van der Waals surface area contributed by atoms with Gasteiger partial charge < -0.3 is 9.88 Å². The number of non-ortho nitro benzene ring substituents is 1. The molecule has 0 fully saturated rings. The Morgan fingerprint density at radius 2 is 2.27 bits per heavy atom. The number of thiophene rings is 1. The number of carbonyl (C=O) groups is 1. The molecule has 10 heteroatoms. The molecule has 0 radical (unpaired) electrons. The molecule has 0 spiro atoms. The Labute approximate surface area is 181 Å². The molecule has 4 rings (SSSR count). The highest BCUT2D eigenvalue weighted by Gasteiger charge is 2.23. The molecule has 1 atom stereocenters. The molecule has 1 aliphatic rings. The van der Waals surface area contributed by atoms with Gasteiger partial charge >= 0.3 is 0 Å². The number of benzene rings is 1. The zero-order chi connectivity index (χ0) is 21.3. The van der Waals surface area contributed by atoms with Crippen molar-refractivity contribution in [2.75, 3.05) is 11.1 Å². The van der Waals surface area contributed by atoms with Gasteiger partial charge in [-0.2, -0.15) is 0 Å². The molecule has 3 aromatic rings. The number of nitrogens with zero attached hydrogens (tertiary/aromatic N) is 4. The van der Waals surface area contributed by atoms with E-state index in [2.05, 4.69) is 27.8 Å². The van der Waals surface area contributed by atoms with Crippen LogP contribution in [0.15, 0.2) is 34.8 Å². The van der Waals surface area contributed by atoms with Crippen molar-refractivity contribution in [3.8, 4) is 11.4 Å². The summed E-state index contributed by atoms with van der Waals surface area (Å²) in [5.74, 6) is 1.42. The molecule has 0 aliphatic heterocycles. The number of fused-ring (bicyclic) bond motifs is 1. The SMILES string of the molecule is C[C@H]1CCc2c(-c3nnc(SCC(=O)Nc4cccc([N+](=O)[O-])c4)n3C)csc2C1. The molecule has 156 valence electrons. The van der Waals surface area contributed by atoms with Crippen LogP contribution >= 0.6 is 23.1 Å². The normalized spacial score (nSPS) is 15.6. The van der Waals surface area contributed by atoms with Crippen molar-refractivity contribution in [2.45, 2.75) is 31.3 Å². The lowest BCUT2D eigenvalue weighted by Gasteiger charge is -2.18. The summed E-state index contributed by atoms with van der Waals surface area (Å²) in [7, 11) is 1.91. The highest BCUT2D eigenvalue weighted by atomic mass is 32.2. The molecule has 2 heterocycles. The van der Waals surface area contributed by atoms with Crippen LogP contribution in [0.3, 0.4) is 0 Å². The molecule has 1 aliphatic carbocycles. The van der Waals surface area contributed by atoms with Gasteiger partial charge in [-0.25, -0.2) is 0 Å².